The van der Waals surface area contributed by atoms with E-state index < -0.39 is 18.0 Å². The Morgan fingerprint density at radius 3 is 2.55 bits per heavy atom. The van der Waals surface area contributed by atoms with E-state index in [9.17, 15) is 9.59 Å². The fourth-order valence-corrected chi connectivity index (χ4v) is 3.67. The molecule has 1 aliphatic heterocycles. The van der Waals surface area contributed by atoms with Gasteiger partial charge in [0.1, 0.15) is 6.61 Å². The first-order valence-electron chi connectivity index (χ1n) is 9.54. The topological polar surface area (TPSA) is 85.9 Å². The van der Waals surface area contributed by atoms with Crippen LogP contribution in [0.15, 0.2) is 47.7 Å². The number of carbonyl (C=O) groups is 2. The maximum absolute atomic E-state index is 12.5. The minimum atomic E-state index is -0.813. The lowest BCUT2D eigenvalue weighted by molar-refractivity contribution is -0.139. The summed E-state index contributed by atoms with van der Waals surface area (Å²) in [7, 11) is 1.49. The normalized spacial score (nSPS) is 15.8. The van der Waals surface area contributed by atoms with Crippen LogP contribution in [0.4, 0.5) is 4.79 Å². The van der Waals surface area contributed by atoms with Crippen molar-refractivity contribution in [3.05, 3.63) is 68.8 Å². The minimum absolute atomic E-state index is 0.197. The smallest absolute Gasteiger partial charge is 0.338 e. The zero-order valence-corrected chi connectivity index (χ0v) is 18.8. The number of rotatable bonds is 7. The van der Waals surface area contributed by atoms with E-state index in [0.29, 0.717) is 27.8 Å². The number of amides is 2. The molecule has 1 aliphatic rings. The van der Waals surface area contributed by atoms with Gasteiger partial charge in [-0.15, -0.1) is 0 Å². The maximum Gasteiger partial charge on any atom is 0.338 e. The van der Waals surface area contributed by atoms with Crippen molar-refractivity contribution in [2.45, 2.75) is 26.5 Å². The highest BCUT2D eigenvalue weighted by molar-refractivity contribution is 6.32. The number of allylic oxidation sites excluding steroid dienone is 1. The fraction of sp³-hybridized carbons (Fsp3) is 0.273. The molecule has 9 heteroatoms. The Bertz CT molecular complexity index is 1040. The number of hydrogen-bond donors (Lipinski definition) is 2. The molecule has 2 amide bonds. The highest BCUT2D eigenvalue weighted by Crippen LogP contribution is 2.40. The van der Waals surface area contributed by atoms with Crippen LogP contribution in [-0.2, 0) is 16.1 Å². The van der Waals surface area contributed by atoms with Crippen molar-refractivity contribution >= 4 is 35.2 Å². The minimum Gasteiger partial charge on any atom is -0.493 e. The molecule has 0 saturated heterocycles. The summed E-state index contributed by atoms with van der Waals surface area (Å²) in [5.74, 6) is 0.237. The Balaban J connectivity index is 1.96. The maximum atomic E-state index is 12.5. The zero-order valence-electron chi connectivity index (χ0n) is 17.3. The van der Waals surface area contributed by atoms with E-state index in [4.69, 9.17) is 37.4 Å². The molecule has 2 aromatic carbocycles. The van der Waals surface area contributed by atoms with Crippen molar-refractivity contribution in [3.63, 3.8) is 0 Å². The number of halogens is 2. The second-order valence-corrected chi connectivity index (χ2v) is 7.51. The largest absolute Gasteiger partial charge is 0.493 e. The second-order valence-electron chi connectivity index (χ2n) is 6.70. The Kier molecular flexibility index (Phi) is 7.30. The molecule has 0 fully saturated rings. The van der Waals surface area contributed by atoms with Gasteiger partial charge < -0.3 is 24.8 Å². The van der Waals surface area contributed by atoms with Crippen molar-refractivity contribution in [2.24, 2.45) is 0 Å². The lowest BCUT2D eigenvalue weighted by Gasteiger charge is -2.29. The van der Waals surface area contributed by atoms with Crippen molar-refractivity contribution in [2.75, 3.05) is 13.7 Å². The SMILES string of the molecule is CCOC(=O)C1=C(C)NC(=O)N[C@@H]1c1cc(OC)c(OCc2ccccc2Cl)cc1Cl. The summed E-state index contributed by atoms with van der Waals surface area (Å²) in [4.78, 5) is 24.6. The molecule has 7 nitrogen and oxygen atoms in total. The highest BCUT2D eigenvalue weighted by Gasteiger charge is 2.34. The van der Waals surface area contributed by atoms with Crippen molar-refractivity contribution in [3.8, 4) is 11.5 Å². The summed E-state index contributed by atoms with van der Waals surface area (Å²) < 4.78 is 16.5. The molecule has 2 aromatic rings. The predicted octanol–water partition coefficient (Wildman–Crippen LogP) is 4.77. The summed E-state index contributed by atoms with van der Waals surface area (Å²) >= 11 is 12.7. The van der Waals surface area contributed by atoms with Crippen LogP contribution in [0.25, 0.3) is 0 Å². The van der Waals surface area contributed by atoms with Crippen LogP contribution in [0.5, 0.6) is 11.5 Å². The number of hydrogen-bond acceptors (Lipinski definition) is 5. The number of methoxy groups -OCH3 is 1. The molecule has 0 unspecified atom stereocenters. The van der Waals surface area contributed by atoms with Crippen molar-refractivity contribution in [1.29, 1.82) is 0 Å². The third-order valence-corrected chi connectivity index (χ3v) is 5.40. The molecule has 0 aliphatic carbocycles. The highest BCUT2D eigenvalue weighted by atomic mass is 35.5. The van der Waals surface area contributed by atoms with E-state index in [1.807, 2.05) is 18.2 Å². The third-order valence-electron chi connectivity index (χ3n) is 4.70. The van der Waals surface area contributed by atoms with E-state index in [2.05, 4.69) is 10.6 Å². The number of benzene rings is 2. The third kappa shape index (κ3) is 5.06. The Hall–Kier alpha value is -2.90. The first-order valence-corrected chi connectivity index (χ1v) is 10.3. The van der Waals surface area contributed by atoms with Crippen LogP contribution < -0.4 is 20.1 Å². The summed E-state index contributed by atoms with van der Waals surface area (Å²) in [5, 5.41) is 6.18. The van der Waals surface area contributed by atoms with Gasteiger partial charge in [0, 0.05) is 27.9 Å². The molecule has 0 saturated carbocycles. The molecule has 0 bridgehead atoms. The molecule has 0 radical (unpaired) electrons. The number of esters is 1. The molecule has 1 atom stereocenters. The molecule has 31 heavy (non-hydrogen) atoms. The van der Waals surface area contributed by atoms with Crippen LogP contribution in [0.3, 0.4) is 0 Å². The van der Waals surface area contributed by atoms with Crippen molar-refractivity contribution in [1.82, 2.24) is 10.6 Å². The number of urea groups is 1. The molecule has 2 N–H and O–H groups in total. The average Bonchev–Trinajstić information content (AvgIpc) is 2.72. The summed E-state index contributed by atoms with van der Waals surface area (Å²) in [6.45, 7) is 3.74. The van der Waals surface area contributed by atoms with E-state index in [1.54, 1.807) is 32.0 Å². The average molecular weight is 465 g/mol. The summed E-state index contributed by atoms with van der Waals surface area (Å²) in [5.41, 5.74) is 1.93. The summed E-state index contributed by atoms with van der Waals surface area (Å²) in [6.07, 6.45) is 0. The van der Waals surface area contributed by atoms with Gasteiger partial charge in [0.2, 0.25) is 0 Å². The van der Waals surface area contributed by atoms with Gasteiger partial charge in [-0.05, 0) is 26.0 Å². The summed E-state index contributed by atoms with van der Waals surface area (Å²) in [6, 6.07) is 9.28. The number of nitrogens with one attached hydrogen (secondary N) is 2. The number of carbonyl (C=O) groups excluding carboxylic acids is 2. The lowest BCUT2D eigenvalue weighted by atomic mass is 9.95. The molecular formula is C22H22Cl2N2O5. The second kappa shape index (κ2) is 9.94. The van der Waals surface area contributed by atoms with Crippen LogP contribution >= 0.6 is 23.2 Å². The Labute approximate surface area is 190 Å². The van der Waals surface area contributed by atoms with Crippen LogP contribution in [0, 0.1) is 0 Å². The fourth-order valence-electron chi connectivity index (χ4n) is 3.22. The Morgan fingerprint density at radius 2 is 1.87 bits per heavy atom. The first-order chi connectivity index (χ1) is 14.8. The van der Waals surface area contributed by atoms with Crippen LogP contribution in [0.1, 0.15) is 31.0 Å². The van der Waals surface area contributed by atoms with Gasteiger partial charge in [0.25, 0.3) is 0 Å². The molecule has 3 rings (SSSR count). The quantitative estimate of drug-likeness (QED) is 0.576. The van der Waals surface area contributed by atoms with Gasteiger partial charge in [0.15, 0.2) is 11.5 Å². The van der Waals surface area contributed by atoms with E-state index in [-0.39, 0.29) is 23.8 Å². The first kappa shape index (κ1) is 22.8. The number of ether oxygens (including phenoxy) is 3. The van der Waals surface area contributed by atoms with E-state index in [1.165, 1.54) is 7.11 Å². The van der Waals surface area contributed by atoms with Gasteiger partial charge in [-0.1, -0.05) is 41.4 Å². The molecule has 0 spiro atoms. The zero-order chi connectivity index (χ0) is 22.5. The standard InChI is InChI=1S/C22H22Cl2N2O5/c1-4-30-21(27)19-12(2)25-22(28)26-20(19)14-9-17(29-3)18(10-16(14)24)31-11-13-7-5-6-8-15(13)23/h5-10,20H,4,11H2,1-3H3,(H2,25,26,28)/t20-/m1/s1. The molecule has 1 heterocycles. The van der Waals surface area contributed by atoms with Crippen LogP contribution in [-0.4, -0.2) is 25.7 Å². The van der Waals surface area contributed by atoms with E-state index >= 15 is 0 Å². The molecule has 164 valence electrons. The lowest BCUT2D eigenvalue weighted by Crippen LogP contribution is -2.45. The Morgan fingerprint density at radius 1 is 1.13 bits per heavy atom. The monoisotopic (exact) mass is 464 g/mol. The van der Waals surface area contributed by atoms with Gasteiger partial charge in [-0.3, -0.25) is 0 Å². The van der Waals surface area contributed by atoms with Gasteiger partial charge in [0.05, 0.1) is 30.4 Å². The van der Waals surface area contributed by atoms with Gasteiger partial charge in [-0.25, -0.2) is 9.59 Å². The van der Waals surface area contributed by atoms with E-state index in [0.717, 1.165) is 5.56 Å². The van der Waals surface area contributed by atoms with Gasteiger partial charge >= 0.3 is 12.0 Å². The van der Waals surface area contributed by atoms with Crippen molar-refractivity contribution < 1.29 is 23.8 Å². The van der Waals surface area contributed by atoms with Gasteiger partial charge in [-0.2, -0.15) is 0 Å². The molecule has 0 aromatic heterocycles. The predicted molar refractivity (Wildman–Crippen MR) is 118 cm³/mol. The molecular weight excluding hydrogens is 443 g/mol. The van der Waals surface area contributed by atoms with Crippen LogP contribution in [0.2, 0.25) is 10.0 Å².